The molecule has 0 aromatic carbocycles. The number of hydrogen-bond donors (Lipinski definition) is 1. The summed E-state index contributed by atoms with van der Waals surface area (Å²) in [6.45, 7) is 0. The molecule has 0 saturated heterocycles. The quantitative estimate of drug-likeness (QED) is 0.807. The third-order valence-corrected chi connectivity index (χ3v) is 7.57. The summed E-state index contributed by atoms with van der Waals surface area (Å²) < 4.78 is 0.351. The molecule has 0 aliphatic heterocycles. The zero-order valence-electron chi connectivity index (χ0n) is 12.9. The molecule has 4 aliphatic rings. The molecular weight excluding hydrogens is 351 g/mol. The van der Waals surface area contributed by atoms with Crippen molar-refractivity contribution < 1.29 is 4.79 Å². The van der Waals surface area contributed by atoms with Gasteiger partial charge in [-0.2, -0.15) is 0 Å². The van der Waals surface area contributed by atoms with Crippen LogP contribution in [-0.4, -0.2) is 21.4 Å². The van der Waals surface area contributed by atoms with Crippen LogP contribution in [0.15, 0.2) is 12.3 Å². The smallest absolute Gasteiger partial charge is 0.235 e. The Morgan fingerprint density at radius 2 is 1.83 bits per heavy atom. The molecule has 4 bridgehead atoms. The van der Waals surface area contributed by atoms with Gasteiger partial charge in [0.25, 0.3) is 0 Å². The SMILES string of the molecule is O=C(CSC12CC3CC(CC(C3)C1)C2)Nc1ncc(Cl)cc1Cl. The van der Waals surface area contributed by atoms with E-state index in [1.807, 2.05) is 11.8 Å². The molecule has 6 heteroatoms. The third kappa shape index (κ3) is 3.35. The van der Waals surface area contributed by atoms with E-state index in [2.05, 4.69) is 10.3 Å². The van der Waals surface area contributed by atoms with Crippen LogP contribution in [0.2, 0.25) is 10.0 Å². The second kappa shape index (κ2) is 6.12. The molecule has 0 unspecified atom stereocenters. The summed E-state index contributed by atoms with van der Waals surface area (Å²) in [5.41, 5.74) is 0. The fourth-order valence-corrected chi connectivity index (χ4v) is 7.10. The Hall–Kier alpha value is -0.450. The molecular formula is C17H20Cl2N2OS. The van der Waals surface area contributed by atoms with Gasteiger partial charge in [0.15, 0.2) is 5.82 Å². The van der Waals surface area contributed by atoms with Gasteiger partial charge in [0, 0.05) is 10.9 Å². The standard InChI is InChI=1S/C17H20Cl2N2OS/c18-13-4-14(19)16(20-8-13)21-15(22)9-23-17-5-10-1-11(6-17)3-12(2-10)7-17/h4,8,10-12H,1-3,5-7,9H2,(H,20,21,22). The molecule has 1 N–H and O–H groups in total. The van der Waals surface area contributed by atoms with Gasteiger partial charge in [0.05, 0.1) is 15.8 Å². The van der Waals surface area contributed by atoms with Crippen LogP contribution in [0.25, 0.3) is 0 Å². The Morgan fingerprint density at radius 3 is 2.39 bits per heavy atom. The molecule has 23 heavy (non-hydrogen) atoms. The minimum Gasteiger partial charge on any atom is -0.309 e. The van der Waals surface area contributed by atoms with Crippen molar-refractivity contribution in [1.82, 2.24) is 4.98 Å². The first-order valence-electron chi connectivity index (χ1n) is 8.26. The van der Waals surface area contributed by atoms with E-state index in [1.54, 1.807) is 6.07 Å². The van der Waals surface area contributed by atoms with E-state index < -0.39 is 0 Å². The first-order valence-corrected chi connectivity index (χ1v) is 10.0. The zero-order valence-corrected chi connectivity index (χ0v) is 15.2. The van der Waals surface area contributed by atoms with Gasteiger partial charge in [-0.25, -0.2) is 4.98 Å². The van der Waals surface area contributed by atoms with E-state index >= 15 is 0 Å². The fourth-order valence-electron chi connectivity index (χ4n) is 5.10. The first-order chi connectivity index (χ1) is 11.0. The number of pyridine rings is 1. The number of nitrogens with zero attached hydrogens (tertiary/aromatic N) is 1. The number of nitrogens with one attached hydrogen (secondary N) is 1. The Bertz CT molecular complexity index is 602. The fraction of sp³-hybridized carbons (Fsp3) is 0.647. The lowest BCUT2D eigenvalue weighted by molar-refractivity contribution is -0.113. The van der Waals surface area contributed by atoms with Crippen LogP contribution in [0.5, 0.6) is 0 Å². The number of carbonyl (C=O) groups excluding carboxylic acids is 1. The van der Waals surface area contributed by atoms with Gasteiger partial charge in [-0.3, -0.25) is 4.79 Å². The van der Waals surface area contributed by atoms with Crippen LogP contribution < -0.4 is 5.32 Å². The van der Waals surface area contributed by atoms with E-state index in [9.17, 15) is 4.79 Å². The monoisotopic (exact) mass is 370 g/mol. The molecule has 124 valence electrons. The van der Waals surface area contributed by atoms with Crippen LogP contribution in [0.3, 0.4) is 0 Å². The normalized spacial score (nSPS) is 34.6. The van der Waals surface area contributed by atoms with Gasteiger partial charge >= 0.3 is 0 Å². The molecule has 3 nitrogen and oxygen atoms in total. The Kier molecular flexibility index (Phi) is 4.27. The molecule has 4 fully saturated rings. The molecule has 0 atom stereocenters. The summed E-state index contributed by atoms with van der Waals surface area (Å²) in [6.07, 6.45) is 9.68. The minimum absolute atomic E-state index is 0.0255. The highest BCUT2D eigenvalue weighted by atomic mass is 35.5. The van der Waals surface area contributed by atoms with Crippen LogP contribution >= 0.6 is 35.0 Å². The highest BCUT2D eigenvalue weighted by molar-refractivity contribution is 8.01. The molecule has 1 aromatic rings. The number of aromatic nitrogens is 1. The van der Waals surface area contributed by atoms with Gasteiger partial charge in [-0.1, -0.05) is 23.2 Å². The number of halogens is 2. The van der Waals surface area contributed by atoms with Crippen LogP contribution in [0.1, 0.15) is 38.5 Å². The van der Waals surface area contributed by atoms with Crippen LogP contribution in [0.4, 0.5) is 5.82 Å². The van der Waals surface area contributed by atoms with E-state index in [-0.39, 0.29) is 5.91 Å². The molecule has 1 amide bonds. The average molecular weight is 371 g/mol. The maximum absolute atomic E-state index is 12.3. The summed E-state index contributed by atoms with van der Waals surface area (Å²) in [7, 11) is 0. The zero-order chi connectivity index (χ0) is 16.0. The predicted molar refractivity (Wildman–Crippen MR) is 96.2 cm³/mol. The molecule has 5 rings (SSSR count). The summed E-state index contributed by atoms with van der Waals surface area (Å²) in [5.74, 6) is 3.57. The average Bonchev–Trinajstić information content (AvgIpc) is 2.47. The van der Waals surface area contributed by atoms with Crippen molar-refractivity contribution in [3.05, 3.63) is 22.3 Å². The Balaban J connectivity index is 1.36. The molecule has 1 aromatic heterocycles. The van der Waals surface area contributed by atoms with Gasteiger partial charge in [0.2, 0.25) is 5.91 Å². The summed E-state index contributed by atoms with van der Waals surface area (Å²) >= 11 is 13.8. The number of amides is 1. The van der Waals surface area contributed by atoms with Gasteiger partial charge in [0.1, 0.15) is 0 Å². The van der Waals surface area contributed by atoms with Gasteiger partial charge in [-0.05, 0) is 62.3 Å². The molecule has 0 spiro atoms. The largest absolute Gasteiger partial charge is 0.309 e. The van der Waals surface area contributed by atoms with Crippen molar-refractivity contribution in [3.63, 3.8) is 0 Å². The highest BCUT2D eigenvalue weighted by Crippen LogP contribution is 2.60. The van der Waals surface area contributed by atoms with Crippen molar-refractivity contribution in [2.45, 2.75) is 43.3 Å². The predicted octanol–water partition coefficient (Wildman–Crippen LogP) is 5.03. The van der Waals surface area contributed by atoms with Gasteiger partial charge in [-0.15, -0.1) is 11.8 Å². The van der Waals surface area contributed by atoms with Crippen molar-refractivity contribution in [1.29, 1.82) is 0 Å². The maximum Gasteiger partial charge on any atom is 0.235 e. The number of hydrogen-bond acceptors (Lipinski definition) is 3. The van der Waals surface area contributed by atoms with E-state index in [0.717, 1.165) is 17.8 Å². The van der Waals surface area contributed by atoms with E-state index in [1.165, 1.54) is 44.7 Å². The van der Waals surface area contributed by atoms with Crippen LogP contribution in [-0.2, 0) is 4.79 Å². The maximum atomic E-state index is 12.3. The molecule has 4 saturated carbocycles. The summed E-state index contributed by atoms with van der Waals surface area (Å²) in [4.78, 5) is 16.4. The molecule has 0 radical (unpaired) electrons. The highest BCUT2D eigenvalue weighted by Gasteiger charge is 2.51. The van der Waals surface area contributed by atoms with Crippen LogP contribution in [0, 0.1) is 17.8 Å². The molecule has 1 heterocycles. The lowest BCUT2D eigenvalue weighted by Gasteiger charge is -2.56. The number of rotatable bonds is 4. The minimum atomic E-state index is -0.0255. The number of thioether (sulfide) groups is 1. The number of carbonyl (C=O) groups is 1. The van der Waals surface area contributed by atoms with Crippen molar-refractivity contribution in [2.75, 3.05) is 11.1 Å². The summed E-state index contributed by atoms with van der Waals surface area (Å²) in [6, 6.07) is 1.60. The van der Waals surface area contributed by atoms with E-state index in [0.29, 0.717) is 26.4 Å². The lowest BCUT2D eigenvalue weighted by atomic mass is 9.56. The lowest BCUT2D eigenvalue weighted by Crippen LogP contribution is -2.49. The first kappa shape index (κ1) is 16.0. The molecule has 4 aliphatic carbocycles. The van der Waals surface area contributed by atoms with Gasteiger partial charge < -0.3 is 5.32 Å². The third-order valence-electron chi connectivity index (χ3n) is 5.56. The topological polar surface area (TPSA) is 42.0 Å². The van der Waals surface area contributed by atoms with Crippen molar-refractivity contribution in [2.24, 2.45) is 17.8 Å². The van der Waals surface area contributed by atoms with Crippen molar-refractivity contribution >= 4 is 46.7 Å². The summed E-state index contributed by atoms with van der Waals surface area (Å²) in [5, 5.41) is 3.66. The Labute approximate surface area is 150 Å². The van der Waals surface area contributed by atoms with Crippen molar-refractivity contribution in [3.8, 4) is 0 Å². The second-order valence-electron chi connectivity index (χ2n) is 7.42. The van der Waals surface area contributed by atoms with E-state index in [4.69, 9.17) is 23.2 Å². The number of anilines is 1. The second-order valence-corrected chi connectivity index (χ2v) is 9.71. The Morgan fingerprint density at radius 1 is 1.22 bits per heavy atom.